The molecule has 3 amide bonds. The number of rotatable bonds is 5. The van der Waals surface area contributed by atoms with Crippen molar-refractivity contribution in [1.29, 1.82) is 0 Å². The fraction of sp³-hybridized carbons (Fsp3) is 0.263. The molecule has 1 aliphatic rings. The molecule has 1 atom stereocenters. The molecule has 0 spiro atoms. The number of nitrogens with one attached hydrogen (secondary N) is 2. The molecule has 25 heavy (non-hydrogen) atoms. The van der Waals surface area contributed by atoms with Gasteiger partial charge in [0, 0.05) is 25.3 Å². The molecular formula is C19H20FN3O2. The van der Waals surface area contributed by atoms with Gasteiger partial charge in [-0.1, -0.05) is 37.3 Å². The first-order valence-electron chi connectivity index (χ1n) is 8.24. The van der Waals surface area contributed by atoms with Gasteiger partial charge in [0.05, 0.1) is 5.56 Å². The molecule has 2 N–H and O–H groups in total. The second-order valence-electron chi connectivity index (χ2n) is 6.07. The van der Waals surface area contributed by atoms with Gasteiger partial charge in [-0.05, 0) is 29.7 Å². The first-order chi connectivity index (χ1) is 12.1. The SMILES string of the molecule is C[C@@H](CNC(=O)c1cc(N2CCNC2=O)ccc1F)c1ccccc1. The van der Waals surface area contributed by atoms with Crippen molar-refractivity contribution in [3.63, 3.8) is 0 Å². The molecule has 1 aliphatic heterocycles. The Bertz CT molecular complexity index is 779. The monoisotopic (exact) mass is 341 g/mol. The molecule has 2 aromatic carbocycles. The molecule has 130 valence electrons. The van der Waals surface area contributed by atoms with Crippen LogP contribution in [0.3, 0.4) is 0 Å². The van der Waals surface area contributed by atoms with Crippen molar-refractivity contribution < 1.29 is 14.0 Å². The van der Waals surface area contributed by atoms with Crippen LogP contribution in [0.5, 0.6) is 0 Å². The topological polar surface area (TPSA) is 61.4 Å². The Hall–Kier alpha value is -2.89. The van der Waals surface area contributed by atoms with Crippen LogP contribution in [0.15, 0.2) is 48.5 Å². The normalized spacial score (nSPS) is 15.0. The Morgan fingerprint density at radius 1 is 1.28 bits per heavy atom. The van der Waals surface area contributed by atoms with E-state index in [2.05, 4.69) is 10.6 Å². The van der Waals surface area contributed by atoms with Crippen molar-refractivity contribution >= 4 is 17.6 Å². The van der Waals surface area contributed by atoms with E-state index < -0.39 is 11.7 Å². The quantitative estimate of drug-likeness (QED) is 0.878. The number of carbonyl (C=O) groups is 2. The number of benzene rings is 2. The largest absolute Gasteiger partial charge is 0.351 e. The lowest BCUT2D eigenvalue weighted by atomic mass is 10.0. The van der Waals surface area contributed by atoms with Crippen LogP contribution < -0.4 is 15.5 Å². The molecule has 0 unspecified atom stereocenters. The highest BCUT2D eigenvalue weighted by atomic mass is 19.1. The standard InChI is InChI=1S/C19H20FN3O2/c1-13(14-5-3-2-4-6-14)12-22-18(24)16-11-15(7-8-17(16)20)23-10-9-21-19(23)25/h2-8,11,13H,9-10,12H2,1H3,(H,21,25)(H,22,24)/t13-/m0/s1. The zero-order valence-corrected chi connectivity index (χ0v) is 14.0. The molecule has 6 heteroatoms. The zero-order chi connectivity index (χ0) is 17.8. The average molecular weight is 341 g/mol. The number of carbonyl (C=O) groups excluding carboxylic acids is 2. The maximum Gasteiger partial charge on any atom is 0.321 e. The minimum absolute atomic E-state index is 0.0579. The van der Waals surface area contributed by atoms with Gasteiger partial charge < -0.3 is 10.6 Å². The second-order valence-corrected chi connectivity index (χ2v) is 6.07. The van der Waals surface area contributed by atoms with Crippen molar-refractivity contribution in [2.24, 2.45) is 0 Å². The number of halogens is 1. The summed E-state index contributed by atoms with van der Waals surface area (Å²) in [7, 11) is 0. The first-order valence-corrected chi connectivity index (χ1v) is 8.24. The minimum atomic E-state index is -0.604. The van der Waals surface area contributed by atoms with E-state index in [9.17, 15) is 14.0 Å². The summed E-state index contributed by atoms with van der Waals surface area (Å²) in [4.78, 5) is 25.6. The number of anilines is 1. The number of hydrogen-bond donors (Lipinski definition) is 2. The van der Waals surface area contributed by atoms with Crippen molar-refractivity contribution in [2.75, 3.05) is 24.5 Å². The Kier molecular flexibility index (Phi) is 4.97. The van der Waals surface area contributed by atoms with E-state index in [4.69, 9.17) is 0 Å². The third-order valence-corrected chi connectivity index (χ3v) is 4.30. The lowest BCUT2D eigenvalue weighted by molar-refractivity contribution is 0.0947. The van der Waals surface area contributed by atoms with Gasteiger partial charge >= 0.3 is 6.03 Å². The van der Waals surface area contributed by atoms with E-state index >= 15 is 0 Å². The summed E-state index contributed by atoms with van der Waals surface area (Å²) in [5.41, 5.74) is 1.56. The van der Waals surface area contributed by atoms with Crippen LogP contribution in [0.25, 0.3) is 0 Å². The Balaban J connectivity index is 1.70. The van der Waals surface area contributed by atoms with Crippen LogP contribution in [0.1, 0.15) is 28.8 Å². The maximum atomic E-state index is 14.1. The molecule has 2 aromatic rings. The number of nitrogens with zero attached hydrogens (tertiary/aromatic N) is 1. The summed E-state index contributed by atoms with van der Waals surface area (Å²) in [6, 6.07) is 13.7. The van der Waals surface area contributed by atoms with E-state index in [1.807, 2.05) is 37.3 Å². The van der Waals surface area contributed by atoms with E-state index in [1.165, 1.54) is 23.1 Å². The van der Waals surface area contributed by atoms with Crippen LogP contribution >= 0.6 is 0 Å². The molecule has 5 nitrogen and oxygen atoms in total. The Morgan fingerprint density at radius 2 is 2.04 bits per heavy atom. The second kappa shape index (κ2) is 7.34. The molecule has 0 aliphatic carbocycles. The van der Waals surface area contributed by atoms with Gasteiger partial charge in [-0.15, -0.1) is 0 Å². The molecule has 1 saturated heterocycles. The zero-order valence-electron chi connectivity index (χ0n) is 14.0. The third-order valence-electron chi connectivity index (χ3n) is 4.30. The van der Waals surface area contributed by atoms with Crippen molar-refractivity contribution in [3.8, 4) is 0 Å². The van der Waals surface area contributed by atoms with Gasteiger partial charge in [0.1, 0.15) is 5.82 Å². The van der Waals surface area contributed by atoms with Crippen LogP contribution in [0, 0.1) is 5.82 Å². The predicted molar refractivity (Wildman–Crippen MR) is 94.3 cm³/mol. The third kappa shape index (κ3) is 3.79. The molecule has 0 saturated carbocycles. The van der Waals surface area contributed by atoms with Gasteiger partial charge in [0.25, 0.3) is 5.91 Å². The molecule has 0 bridgehead atoms. The fourth-order valence-corrected chi connectivity index (χ4v) is 2.81. The van der Waals surface area contributed by atoms with Crippen molar-refractivity contribution in [3.05, 3.63) is 65.5 Å². The Morgan fingerprint density at radius 3 is 2.72 bits per heavy atom. The van der Waals surface area contributed by atoms with Gasteiger partial charge in [-0.25, -0.2) is 9.18 Å². The van der Waals surface area contributed by atoms with Crippen molar-refractivity contribution in [1.82, 2.24) is 10.6 Å². The van der Waals surface area contributed by atoms with Gasteiger partial charge in [-0.3, -0.25) is 9.69 Å². The highest BCUT2D eigenvalue weighted by molar-refractivity contribution is 5.98. The summed E-state index contributed by atoms with van der Waals surface area (Å²) in [6.45, 7) is 3.43. The summed E-state index contributed by atoms with van der Waals surface area (Å²) in [5, 5.41) is 5.45. The lowest BCUT2D eigenvalue weighted by Crippen LogP contribution is -2.30. The smallest absolute Gasteiger partial charge is 0.321 e. The molecule has 1 fully saturated rings. The molecular weight excluding hydrogens is 321 g/mol. The van der Waals surface area contributed by atoms with Gasteiger partial charge in [0.15, 0.2) is 0 Å². The van der Waals surface area contributed by atoms with Crippen LogP contribution in [-0.2, 0) is 0 Å². The van der Waals surface area contributed by atoms with E-state index in [0.717, 1.165) is 5.56 Å². The molecule has 0 radical (unpaired) electrons. The fourth-order valence-electron chi connectivity index (χ4n) is 2.81. The summed E-state index contributed by atoms with van der Waals surface area (Å²) in [5.74, 6) is -0.976. The number of urea groups is 1. The highest BCUT2D eigenvalue weighted by Gasteiger charge is 2.23. The summed E-state index contributed by atoms with van der Waals surface area (Å²) >= 11 is 0. The number of hydrogen-bond acceptors (Lipinski definition) is 2. The summed E-state index contributed by atoms with van der Waals surface area (Å²) in [6.07, 6.45) is 0. The lowest BCUT2D eigenvalue weighted by Gasteiger charge is -2.16. The number of amides is 3. The minimum Gasteiger partial charge on any atom is -0.351 e. The van der Waals surface area contributed by atoms with Crippen LogP contribution in [0.2, 0.25) is 0 Å². The molecule has 0 aromatic heterocycles. The van der Waals surface area contributed by atoms with Crippen LogP contribution in [-0.4, -0.2) is 31.6 Å². The Labute approximate surface area is 145 Å². The summed E-state index contributed by atoms with van der Waals surface area (Å²) < 4.78 is 14.1. The average Bonchev–Trinajstić information content (AvgIpc) is 3.06. The van der Waals surface area contributed by atoms with Gasteiger partial charge in [-0.2, -0.15) is 0 Å². The van der Waals surface area contributed by atoms with Crippen molar-refractivity contribution in [2.45, 2.75) is 12.8 Å². The van der Waals surface area contributed by atoms with E-state index in [0.29, 0.717) is 25.3 Å². The predicted octanol–water partition coefficient (Wildman–Crippen LogP) is 2.89. The van der Waals surface area contributed by atoms with Crippen LogP contribution in [0.4, 0.5) is 14.9 Å². The maximum absolute atomic E-state index is 14.1. The molecule has 3 rings (SSSR count). The molecule has 1 heterocycles. The highest BCUT2D eigenvalue weighted by Crippen LogP contribution is 2.21. The van der Waals surface area contributed by atoms with E-state index in [1.54, 1.807) is 0 Å². The first kappa shape index (κ1) is 17.0. The van der Waals surface area contributed by atoms with Gasteiger partial charge in [0.2, 0.25) is 0 Å². The van der Waals surface area contributed by atoms with E-state index in [-0.39, 0.29) is 17.5 Å².